The van der Waals surface area contributed by atoms with Gasteiger partial charge in [-0.05, 0) is 43.2 Å². The molecular weight excluding hydrogens is 440 g/mol. The number of hydrogen-bond donors (Lipinski definition) is 1. The standard InChI is InChI=1S/C25H30N2O7/c1-17(28)8-9-18-10-11-22(23(14-18)31-2)34-16-19-15-27(12-13-33-19)25(30)26-21-7-5-4-6-20(21)24(29)32-3/h4-7,10-11,14,19H,8-9,12-13,15-16H2,1-3H3,(H,26,30). The summed E-state index contributed by atoms with van der Waals surface area (Å²) >= 11 is 0. The Morgan fingerprint density at radius 2 is 1.91 bits per heavy atom. The van der Waals surface area contributed by atoms with Crippen LogP contribution in [0, 0.1) is 0 Å². The van der Waals surface area contributed by atoms with Crippen molar-refractivity contribution < 1.29 is 33.3 Å². The van der Waals surface area contributed by atoms with Gasteiger partial charge in [-0.2, -0.15) is 0 Å². The van der Waals surface area contributed by atoms with Crippen molar-refractivity contribution in [1.82, 2.24) is 4.90 Å². The van der Waals surface area contributed by atoms with Gasteiger partial charge in [-0.3, -0.25) is 0 Å². The molecule has 1 fully saturated rings. The van der Waals surface area contributed by atoms with Gasteiger partial charge in [0.05, 0.1) is 38.6 Å². The van der Waals surface area contributed by atoms with Crippen LogP contribution in [0.15, 0.2) is 42.5 Å². The van der Waals surface area contributed by atoms with E-state index in [0.717, 1.165) is 5.56 Å². The zero-order chi connectivity index (χ0) is 24.5. The van der Waals surface area contributed by atoms with E-state index < -0.39 is 5.97 Å². The number of nitrogens with zero attached hydrogens (tertiary/aromatic N) is 1. The Labute approximate surface area is 198 Å². The number of hydrogen-bond acceptors (Lipinski definition) is 7. The van der Waals surface area contributed by atoms with Gasteiger partial charge in [-0.1, -0.05) is 18.2 Å². The largest absolute Gasteiger partial charge is 0.493 e. The van der Waals surface area contributed by atoms with Crippen molar-refractivity contribution in [1.29, 1.82) is 0 Å². The van der Waals surface area contributed by atoms with E-state index in [1.807, 2.05) is 18.2 Å². The van der Waals surface area contributed by atoms with Crippen molar-refractivity contribution in [3.05, 3.63) is 53.6 Å². The molecule has 1 atom stereocenters. The van der Waals surface area contributed by atoms with Crippen LogP contribution in [0.1, 0.15) is 29.3 Å². The van der Waals surface area contributed by atoms with Crippen molar-refractivity contribution >= 4 is 23.5 Å². The van der Waals surface area contributed by atoms with Crippen LogP contribution in [0.4, 0.5) is 10.5 Å². The number of anilines is 1. The summed E-state index contributed by atoms with van der Waals surface area (Å²) in [6.45, 7) is 2.90. The molecule has 1 N–H and O–H groups in total. The predicted molar refractivity (Wildman–Crippen MR) is 126 cm³/mol. The molecule has 1 aliphatic rings. The van der Waals surface area contributed by atoms with E-state index in [1.54, 1.807) is 43.2 Å². The van der Waals surface area contributed by atoms with Crippen LogP contribution in [0.25, 0.3) is 0 Å². The number of aryl methyl sites for hydroxylation is 1. The Balaban J connectivity index is 1.58. The topological polar surface area (TPSA) is 103 Å². The predicted octanol–water partition coefficient (Wildman–Crippen LogP) is 3.32. The molecule has 34 heavy (non-hydrogen) atoms. The van der Waals surface area contributed by atoms with E-state index in [9.17, 15) is 14.4 Å². The number of Topliss-reactive ketones (excluding diaryl/α,β-unsaturated/α-hetero) is 1. The number of para-hydroxylation sites is 1. The highest BCUT2D eigenvalue weighted by Gasteiger charge is 2.26. The minimum Gasteiger partial charge on any atom is -0.493 e. The number of ether oxygens (including phenoxy) is 4. The number of nitrogens with one attached hydrogen (secondary N) is 1. The molecule has 1 aliphatic heterocycles. The summed E-state index contributed by atoms with van der Waals surface area (Å²) in [5, 5.41) is 2.78. The normalized spacial score (nSPS) is 15.4. The zero-order valence-corrected chi connectivity index (χ0v) is 19.7. The van der Waals surface area contributed by atoms with Gasteiger partial charge in [0.2, 0.25) is 0 Å². The van der Waals surface area contributed by atoms with Crippen molar-refractivity contribution in [2.75, 3.05) is 45.8 Å². The Hall–Kier alpha value is -3.59. The molecule has 3 rings (SSSR count). The van der Waals surface area contributed by atoms with E-state index in [4.69, 9.17) is 18.9 Å². The fourth-order valence-electron chi connectivity index (χ4n) is 3.57. The first-order chi connectivity index (χ1) is 16.4. The molecule has 182 valence electrons. The zero-order valence-electron chi connectivity index (χ0n) is 19.7. The molecule has 1 heterocycles. The summed E-state index contributed by atoms with van der Waals surface area (Å²) in [4.78, 5) is 37.6. The Morgan fingerprint density at radius 1 is 1.12 bits per heavy atom. The third-order valence-corrected chi connectivity index (χ3v) is 5.42. The average Bonchev–Trinajstić information content (AvgIpc) is 2.86. The van der Waals surface area contributed by atoms with Crippen LogP contribution < -0.4 is 14.8 Å². The number of amides is 2. The third-order valence-electron chi connectivity index (χ3n) is 5.42. The number of carbonyl (C=O) groups excluding carboxylic acids is 3. The van der Waals surface area contributed by atoms with Crippen LogP contribution in [0.5, 0.6) is 11.5 Å². The van der Waals surface area contributed by atoms with Gasteiger partial charge in [-0.15, -0.1) is 0 Å². The Bertz CT molecular complexity index is 1020. The van der Waals surface area contributed by atoms with Gasteiger partial charge in [0.1, 0.15) is 18.5 Å². The van der Waals surface area contributed by atoms with Gasteiger partial charge < -0.3 is 34.0 Å². The highest BCUT2D eigenvalue weighted by molar-refractivity contribution is 6.00. The number of esters is 1. The molecule has 2 amide bonds. The summed E-state index contributed by atoms with van der Waals surface area (Å²) in [5.74, 6) is 0.749. The van der Waals surface area contributed by atoms with Crippen LogP contribution in [0.3, 0.4) is 0 Å². The summed E-state index contributed by atoms with van der Waals surface area (Å²) in [5.41, 5.74) is 1.65. The monoisotopic (exact) mass is 470 g/mol. The molecule has 1 unspecified atom stereocenters. The number of rotatable bonds is 9. The van der Waals surface area contributed by atoms with Gasteiger partial charge in [0.15, 0.2) is 11.5 Å². The molecular formula is C25H30N2O7. The van der Waals surface area contributed by atoms with Gasteiger partial charge in [0, 0.05) is 13.0 Å². The maximum absolute atomic E-state index is 12.8. The molecule has 1 saturated heterocycles. The number of urea groups is 1. The minimum atomic E-state index is -0.523. The number of benzene rings is 2. The summed E-state index contributed by atoms with van der Waals surface area (Å²) in [6.07, 6.45) is 0.778. The highest BCUT2D eigenvalue weighted by atomic mass is 16.5. The molecule has 9 heteroatoms. The third kappa shape index (κ3) is 6.71. The van der Waals surface area contributed by atoms with E-state index in [-0.39, 0.29) is 30.1 Å². The van der Waals surface area contributed by atoms with E-state index in [0.29, 0.717) is 49.7 Å². The van der Waals surface area contributed by atoms with E-state index in [1.165, 1.54) is 7.11 Å². The molecule has 0 saturated carbocycles. The van der Waals surface area contributed by atoms with Crippen LogP contribution in [-0.2, 0) is 20.7 Å². The van der Waals surface area contributed by atoms with Crippen molar-refractivity contribution in [3.63, 3.8) is 0 Å². The second-order valence-electron chi connectivity index (χ2n) is 7.90. The minimum absolute atomic E-state index is 0.135. The maximum Gasteiger partial charge on any atom is 0.339 e. The van der Waals surface area contributed by atoms with E-state index >= 15 is 0 Å². The molecule has 0 aromatic heterocycles. The van der Waals surface area contributed by atoms with Crippen LogP contribution in [0.2, 0.25) is 0 Å². The molecule has 2 aromatic carbocycles. The summed E-state index contributed by atoms with van der Waals surface area (Å²) in [6, 6.07) is 11.9. The Kier molecular flexibility index (Phi) is 8.86. The summed E-state index contributed by atoms with van der Waals surface area (Å²) in [7, 11) is 2.86. The number of methoxy groups -OCH3 is 2. The maximum atomic E-state index is 12.8. The second-order valence-corrected chi connectivity index (χ2v) is 7.90. The van der Waals surface area contributed by atoms with Crippen molar-refractivity contribution in [2.24, 2.45) is 0 Å². The molecule has 9 nitrogen and oxygen atoms in total. The fourth-order valence-corrected chi connectivity index (χ4v) is 3.57. The lowest BCUT2D eigenvalue weighted by molar-refractivity contribution is -0.116. The molecule has 2 aromatic rings. The average molecular weight is 471 g/mol. The fraction of sp³-hybridized carbons (Fsp3) is 0.400. The molecule has 0 bridgehead atoms. The SMILES string of the molecule is COC(=O)c1ccccc1NC(=O)N1CCOC(COc2ccc(CCC(C)=O)cc2OC)C1. The second kappa shape index (κ2) is 12.0. The highest BCUT2D eigenvalue weighted by Crippen LogP contribution is 2.29. The lowest BCUT2D eigenvalue weighted by Crippen LogP contribution is -2.49. The van der Waals surface area contributed by atoms with E-state index in [2.05, 4.69) is 5.32 Å². The van der Waals surface area contributed by atoms with Gasteiger partial charge >= 0.3 is 12.0 Å². The van der Waals surface area contributed by atoms with Crippen molar-refractivity contribution in [2.45, 2.75) is 25.9 Å². The number of ketones is 1. The van der Waals surface area contributed by atoms with Gasteiger partial charge in [0.25, 0.3) is 0 Å². The lowest BCUT2D eigenvalue weighted by Gasteiger charge is -2.33. The van der Waals surface area contributed by atoms with Crippen LogP contribution >= 0.6 is 0 Å². The molecule has 0 aliphatic carbocycles. The summed E-state index contributed by atoms with van der Waals surface area (Å²) < 4.78 is 21.9. The van der Waals surface area contributed by atoms with Crippen LogP contribution in [-0.4, -0.2) is 69.3 Å². The molecule has 0 spiro atoms. The number of morpholine rings is 1. The lowest BCUT2D eigenvalue weighted by atomic mass is 10.1. The smallest absolute Gasteiger partial charge is 0.339 e. The molecule has 0 radical (unpaired) electrons. The first-order valence-corrected chi connectivity index (χ1v) is 11.0. The quantitative estimate of drug-likeness (QED) is 0.561. The Morgan fingerprint density at radius 3 is 2.65 bits per heavy atom. The first-order valence-electron chi connectivity index (χ1n) is 11.0. The first kappa shape index (κ1) is 25.0. The van der Waals surface area contributed by atoms with Gasteiger partial charge in [-0.25, -0.2) is 9.59 Å². The van der Waals surface area contributed by atoms with Crippen molar-refractivity contribution in [3.8, 4) is 11.5 Å². The number of carbonyl (C=O) groups is 3.